The van der Waals surface area contributed by atoms with E-state index < -0.39 is 30.7 Å². The summed E-state index contributed by atoms with van der Waals surface area (Å²) in [5, 5.41) is 3.00. The molecule has 1 N–H and O–H groups in total. The van der Waals surface area contributed by atoms with E-state index in [9.17, 15) is 27.6 Å². The number of nitrogens with zero attached hydrogens (tertiary/aromatic N) is 2. The van der Waals surface area contributed by atoms with Crippen LogP contribution in [-0.2, 0) is 14.3 Å². The molecule has 7 nitrogen and oxygen atoms in total. The van der Waals surface area contributed by atoms with Gasteiger partial charge in [0.1, 0.15) is 0 Å². The standard InChI is InChI=1S/C18H21ClF3N3O4/c1-24(10-15(26)23-14-5-3-2-4-13(14)19)16(27)12-6-8-25(9-7-12)17(28)29-11-18(20,21)22/h2-5,12H,6-11H2,1H3,(H,23,26). The van der Waals surface area contributed by atoms with Crippen LogP contribution >= 0.6 is 11.6 Å². The van der Waals surface area contributed by atoms with Crippen molar-refractivity contribution >= 4 is 35.2 Å². The number of benzene rings is 1. The lowest BCUT2D eigenvalue weighted by atomic mass is 9.95. The lowest BCUT2D eigenvalue weighted by Gasteiger charge is -2.32. The maximum absolute atomic E-state index is 12.5. The van der Waals surface area contributed by atoms with Gasteiger partial charge in [0, 0.05) is 26.1 Å². The molecule has 0 aliphatic carbocycles. The van der Waals surface area contributed by atoms with Crippen LogP contribution in [-0.4, -0.2) is 67.2 Å². The van der Waals surface area contributed by atoms with Gasteiger partial charge in [-0.3, -0.25) is 9.59 Å². The van der Waals surface area contributed by atoms with E-state index in [1.807, 2.05) is 0 Å². The number of ether oxygens (including phenoxy) is 1. The largest absolute Gasteiger partial charge is 0.440 e. The number of hydrogen-bond donors (Lipinski definition) is 1. The molecule has 0 saturated carbocycles. The number of para-hydroxylation sites is 1. The molecule has 0 atom stereocenters. The van der Waals surface area contributed by atoms with E-state index in [0.717, 1.165) is 4.90 Å². The molecular weight excluding hydrogens is 415 g/mol. The van der Waals surface area contributed by atoms with E-state index in [4.69, 9.17) is 11.6 Å². The lowest BCUT2D eigenvalue weighted by molar-refractivity contribution is -0.162. The SMILES string of the molecule is CN(CC(=O)Nc1ccccc1Cl)C(=O)C1CCN(C(=O)OCC(F)(F)F)CC1. The van der Waals surface area contributed by atoms with Crippen molar-refractivity contribution in [1.82, 2.24) is 9.80 Å². The Labute approximate surface area is 170 Å². The van der Waals surface area contributed by atoms with Crippen LogP contribution in [0.15, 0.2) is 24.3 Å². The van der Waals surface area contributed by atoms with Gasteiger partial charge in [-0.05, 0) is 25.0 Å². The fraction of sp³-hybridized carbons (Fsp3) is 0.500. The van der Waals surface area contributed by atoms with Crippen molar-refractivity contribution in [3.05, 3.63) is 29.3 Å². The molecule has 11 heteroatoms. The Morgan fingerprint density at radius 2 is 1.86 bits per heavy atom. The molecule has 0 radical (unpaired) electrons. The molecule has 1 saturated heterocycles. The maximum Gasteiger partial charge on any atom is 0.422 e. The number of piperidine rings is 1. The Morgan fingerprint density at radius 1 is 1.24 bits per heavy atom. The molecule has 1 aromatic carbocycles. The number of alkyl halides is 3. The number of likely N-dealkylation sites (N-methyl/N-ethyl adjacent to an activating group) is 1. The van der Waals surface area contributed by atoms with Crippen molar-refractivity contribution in [2.75, 3.05) is 38.6 Å². The highest BCUT2D eigenvalue weighted by molar-refractivity contribution is 6.33. The average Bonchev–Trinajstić information content (AvgIpc) is 2.66. The zero-order valence-corrected chi connectivity index (χ0v) is 16.4. The van der Waals surface area contributed by atoms with Crippen LogP contribution in [0.3, 0.4) is 0 Å². The van der Waals surface area contributed by atoms with Crippen LogP contribution in [0.25, 0.3) is 0 Å². The van der Waals surface area contributed by atoms with Crippen molar-refractivity contribution in [2.24, 2.45) is 5.92 Å². The molecule has 2 rings (SSSR count). The third kappa shape index (κ3) is 7.12. The minimum atomic E-state index is -4.59. The zero-order valence-electron chi connectivity index (χ0n) is 15.7. The number of hydrogen-bond acceptors (Lipinski definition) is 4. The number of likely N-dealkylation sites (tertiary alicyclic amines) is 1. The zero-order chi connectivity index (χ0) is 21.6. The molecular formula is C18H21ClF3N3O4. The normalized spacial score (nSPS) is 15.0. The third-order valence-electron chi connectivity index (χ3n) is 4.37. The van der Waals surface area contributed by atoms with E-state index in [1.54, 1.807) is 24.3 Å². The van der Waals surface area contributed by atoms with Crippen LogP contribution in [0.5, 0.6) is 0 Å². The average molecular weight is 436 g/mol. The molecule has 160 valence electrons. The van der Waals surface area contributed by atoms with Crippen LogP contribution in [0.1, 0.15) is 12.8 Å². The molecule has 1 aliphatic rings. The number of nitrogens with one attached hydrogen (secondary N) is 1. The van der Waals surface area contributed by atoms with Gasteiger partial charge >= 0.3 is 12.3 Å². The van der Waals surface area contributed by atoms with Gasteiger partial charge in [0.25, 0.3) is 0 Å². The lowest BCUT2D eigenvalue weighted by Crippen LogP contribution is -2.45. The molecule has 1 aromatic rings. The number of carbonyl (C=O) groups excluding carboxylic acids is 3. The summed E-state index contributed by atoms with van der Waals surface area (Å²) in [6, 6.07) is 6.69. The topological polar surface area (TPSA) is 79.0 Å². The fourth-order valence-electron chi connectivity index (χ4n) is 2.90. The first-order chi connectivity index (χ1) is 13.6. The number of amides is 3. The highest BCUT2D eigenvalue weighted by Gasteiger charge is 2.33. The predicted octanol–water partition coefficient (Wildman–Crippen LogP) is 3.15. The summed E-state index contributed by atoms with van der Waals surface area (Å²) < 4.78 is 40.6. The van der Waals surface area contributed by atoms with Gasteiger partial charge in [0.15, 0.2) is 6.61 Å². The fourth-order valence-corrected chi connectivity index (χ4v) is 3.08. The molecule has 0 bridgehead atoms. The van der Waals surface area contributed by atoms with Crippen molar-refractivity contribution in [1.29, 1.82) is 0 Å². The van der Waals surface area contributed by atoms with Gasteiger partial charge < -0.3 is 19.9 Å². The first-order valence-corrected chi connectivity index (χ1v) is 9.22. The highest BCUT2D eigenvalue weighted by atomic mass is 35.5. The minimum Gasteiger partial charge on any atom is -0.440 e. The Morgan fingerprint density at radius 3 is 2.45 bits per heavy atom. The Bertz CT molecular complexity index is 752. The summed E-state index contributed by atoms with van der Waals surface area (Å²) in [7, 11) is 1.48. The molecule has 1 aliphatic heterocycles. The number of carbonyl (C=O) groups is 3. The van der Waals surface area contributed by atoms with Crippen molar-refractivity contribution in [2.45, 2.75) is 19.0 Å². The molecule has 3 amide bonds. The monoisotopic (exact) mass is 435 g/mol. The van der Waals surface area contributed by atoms with E-state index >= 15 is 0 Å². The summed E-state index contributed by atoms with van der Waals surface area (Å²) in [4.78, 5) is 38.7. The van der Waals surface area contributed by atoms with E-state index in [0.29, 0.717) is 10.7 Å². The Hall–Kier alpha value is -2.49. The van der Waals surface area contributed by atoms with Crippen LogP contribution < -0.4 is 5.32 Å². The van der Waals surface area contributed by atoms with Gasteiger partial charge in [-0.15, -0.1) is 0 Å². The van der Waals surface area contributed by atoms with E-state index in [2.05, 4.69) is 10.1 Å². The van der Waals surface area contributed by atoms with E-state index in [1.165, 1.54) is 11.9 Å². The molecule has 1 heterocycles. The molecule has 29 heavy (non-hydrogen) atoms. The van der Waals surface area contributed by atoms with Gasteiger partial charge in [-0.2, -0.15) is 13.2 Å². The predicted molar refractivity (Wildman–Crippen MR) is 99.4 cm³/mol. The summed E-state index contributed by atoms with van der Waals surface area (Å²) in [5.41, 5.74) is 0.436. The summed E-state index contributed by atoms with van der Waals surface area (Å²) in [6.45, 7) is -1.62. The van der Waals surface area contributed by atoms with Gasteiger partial charge in [0.2, 0.25) is 11.8 Å². The smallest absolute Gasteiger partial charge is 0.422 e. The van der Waals surface area contributed by atoms with Crippen molar-refractivity contribution in [3.63, 3.8) is 0 Å². The molecule has 0 aromatic heterocycles. The number of anilines is 1. The number of rotatable bonds is 5. The maximum atomic E-state index is 12.5. The summed E-state index contributed by atoms with van der Waals surface area (Å²) in [5.74, 6) is -1.12. The Kier molecular flexibility index (Phi) is 7.72. The highest BCUT2D eigenvalue weighted by Crippen LogP contribution is 2.22. The quantitative estimate of drug-likeness (QED) is 0.770. The van der Waals surface area contributed by atoms with E-state index in [-0.39, 0.29) is 38.4 Å². The third-order valence-corrected chi connectivity index (χ3v) is 4.70. The first kappa shape index (κ1) is 22.8. The summed E-state index contributed by atoms with van der Waals surface area (Å²) in [6.07, 6.45) is -5.09. The molecule has 1 fully saturated rings. The first-order valence-electron chi connectivity index (χ1n) is 8.84. The van der Waals surface area contributed by atoms with Gasteiger partial charge in [-0.1, -0.05) is 23.7 Å². The molecule has 0 unspecified atom stereocenters. The van der Waals surface area contributed by atoms with Crippen molar-refractivity contribution < 1.29 is 32.3 Å². The second kappa shape index (κ2) is 9.82. The van der Waals surface area contributed by atoms with Crippen LogP contribution in [0, 0.1) is 5.92 Å². The van der Waals surface area contributed by atoms with Crippen LogP contribution in [0.2, 0.25) is 5.02 Å². The van der Waals surface area contributed by atoms with Gasteiger partial charge in [-0.25, -0.2) is 4.79 Å². The molecule has 0 spiro atoms. The minimum absolute atomic E-state index is 0.104. The second-order valence-corrected chi connectivity index (χ2v) is 7.06. The Balaban J connectivity index is 1.78. The second-order valence-electron chi connectivity index (χ2n) is 6.65. The van der Waals surface area contributed by atoms with Crippen LogP contribution in [0.4, 0.5) is 23.7 Å². The van der Waals surface area contributed by atoms with Crippen molar-refractivity contribution in [3.8, 4) is 0 Å². The van der Waals surface area contributed by atoms with Gasteiger partial charge in [0.05, 0.1) is 17.3 Å². The summed E-state index contributed by atoms with van der Waals surface area (Å²) >= 11 is 5.98. The number of halogens is 4.